The summed E-state index contributed by atoms with van der Waals surface area (Å²) in [7, 11) is -3.33. The molecular weight excluding hydrogens is 264 g/mol. The van der Waals surface area contributed by atoms with E-state index in [1.54, 1.807) is 4.90 Å². The van der Waals surface area contributed by atoms with Crippen molar-refractivity contribution in [3.8, 4) is 0 Å². The molecule has 1 aliphatic rings. The summed E-state index contributed by atoms with van der Waals surface area (Å²) >= 11 is 0. The van der Waals surface area contributed by atoms with Gasteiger partial charge in [-0.05, 0) is 52.6 Å². The van der Waals surface area contributed by atoms with Gasteiger partial charge in [-0.15, -0.1) is 0 Å². The van der Waals surface area contributed by atoms with Crippen LogP contribution in [0.5, 0.6) is 0 Å². The predicted octanol–water partition coefficient (Wildman–Crippen LogP) is 0.656. The third-order valence-corrected chi connectivity index (χ3v) is 5.24. The van der Waals surface area contributed by atoms with Crippen LogP contribution in [0.3, 0.4) is 0 Å². The van der Waals surface area contributed by atoms with Crippen molar-refractivity contribution in [2.45, 2.75) is 44.9 Å². The molecule has 2 atom stereocenters. The molecule has 0 aromatic rings. The largest absolute Gasteiger partial charge is 0.339 e. The van der Waals surface area contributed by atoms with Gasteiger partial charge in [-0.2, -0.15) is 0 Å². The summed E-state index contributed by atoms with van der Waals surface area (Å²) in [4.78, 5) is 14.0. The van der Waals surface area contributed by atoms with Crippen molar-refractivity contribution in [3.05, 3.63) is 0 Å². The molecular formula is C13H26N2O3S. The van der Waals surface area contributed by atoms with E-state index in [1.165, 1.54) is 6.92 Å². The van der Waals surface area contributed by atoms with Gasteiger partial charge in [0.05, 0.1) is 0 Å². The maximum Gasteiger partial charge on any atom is 0.240 e. The maximum atomic E-state index is 12.3. The highest BCUT2D eigenvalue weighted by molar-refractivity contribution is 7.92. The number of nitrogens with zero attached hydrogens (tertiary/aromatic N) is 1. The van der Waals surface area contributed by atoms with E-state index >= 15 is 0 Å². The number of carbonyl (C=O) groups excluding carboxylic acids is 1. The standard InChI is InChI=1S/C13H26N2O3S/c1-10(2)15(9-12-6-5-7-14-8-12)13(16)11(3)19(4,17)18/h10-12,14H,5-9H2,1-4H3. The molecule has 5 nitrogen and oxygen atoms in total. The minimum Gasteiger partial charge on any atom is -0.339 e. The van der Waals surface area contributed by atoms with Crippen LogP contribution in [0.1, 0.15) is 33.6 Å². The average Bonchev–Trinajstić information content (AvgIpc) is 2.34. The lowest BCUT2D eigenvalue weighted by atomic mass is 9.98. The second kappa shape index (κ2) is 6.70. The molecule has 1 saturated heterocycles. The van der Waals surface area contributed by atoms with Crippen LogP contribution in [0.2, 0.25) is 0 Å². The first-order chi connectivity index (χ1) is 8.73. The molecule has 0 aromatic heterocycles. The molecule has 2 unspecified atom stereocenters. The fraction of sp³-hybridized carbons (Fsp3) is 0.923. The van der Waals surface area contributed by atoms with Gasteiger partial charge in [0.1, 0.15) is 5.25 Å². The van der Waals surface area contributed by atoms with Crippen LogP contribution >= 0.6 is 0 Å². The SMILES string of the molecule is CC(C)N(CC1CCCNC1)C(=O)C(C)S(C)(=O)=O. The Hall–Kier alpha value is -0.620. The average molecular weight is 290 g/mol. The number of nitrogens with one attached hydrogen (secondary N) is 1. The highest BCUT2D eigenvalue weighted by Crippen LogP contribution is 2.16. The van der Waals surface area contributed by atoms with E-state index in [2.05, 4.69) is 5.32 Å². The second-order valence-corrected chi connectivity index (χ2v) is 8.13. The Morgan fingerprint density at radius 3 is 2.42 bits per heavy atom. The van der Waals surface area contributed by atoms with Gasteiger partial charge in [0.25, 0.3) is 0 Å². The lowest BCUT2D eigenvalue weighted by Crippen LogP contribution is -2.48. The molecule has 0 saturated carbocycles. The minimum atomic E-state index is -3.33. The Bertz CT molecular complexity index is 400. The highest BCUT2D eigenvalue weighted by Gasteiger charge is 2.31. The summed E-state index contributed by atoms with van der Waals surface area (Å²) in [6, 6.07) is 0.0265. The van der Waals surface area contributed by atoms with E-state index in [1.807, 2.05) is 13.8 Å². The van der Waals surface area contributed by atoms with Gasteiger partial charge in [-0.1, -0.05) is 0 Å². The Kier molecular flexibility index (Phi) is 5.80. The Morgan fingerprint density at radius 2 is 2.00 bits per heavy atom. The highest BCUT2D eigenvalue weighted by atomic mass is 32.2. The third kappa shape index (κ3) is 4.76. The number of hydrogen-bond donors (Lipinski definition) is 1. The van der Waals surface area contributed by atoms with Crippen molar-refractivity contribution in [2.75, 3.05) is 25.9 Å². The van der Waals surface area contributed by atoms with Gasteiger partial charge in [-0.3, -0.25) is 4.79 Å². The summed E-state index contributed by atoms with van der Waals surface area (Å²) in [6.07, 6.45) is 3.33. The molecule has 0 bridgehead atoms. The summed E-state index contributed by atoms with van der Waals surface area (Å²) in [5.74, 6) is 0.148. The Balaban J connectivity index is 2.74. The molecule has 1 heterocycles. The monoisotopic (exact) mass is 290 g/mol. The molecule has 1 rings (SSSR count). The lowest BCUT2D eigenvalue weighted by molar-refractivity contribution is -0.132. The van der Waals surface area contributed by atoms with Gasteiger partial charge in [0, 0.05) is 18.8 Å². The number of piperidine rings is 1. The van der Waals surface area contributed by atoms with E-state index in [4.69, 9.17) is 0 Å². The molecule has 0 spiro atoms. The van der Waals surface area contributed by atoms with Gasteiger partial charge < -0.3 is 10.2 Å². The van der Waals surface area contributed by atoms with E-state index in [9.17, 15) is 13.2 Å². The first-order valence-electron chi connectivity index (χ1n) is 6.93. The van der Waals surface area contributed by atoms with Crippen molar-refractivity contribution in [2.24, 2.45) is 5.92 Å². The molecule has 0 radical (unpaired) electrons. The molecule has 1 fully saturated rings. The Morgan fingerprint density at radius 1 is 1.37 bits per heavy atom. The normalized spacial score (nSPS) is 22.3. The number of amides is 1. The topological polar surface area (TPSA) is 66.5 Å². The second-order valence-electron chi connectivity index (χ2n) is 5.77. The molecule has 112 valence electrons. The zero-order valence-electron chi connectivity index (χ0n) is 12.3. The van der Waals surface area contributed by atoms with Crippen molar-refractivity contribution in [1.82, 2.24) is 10.2 Å². The molecule has 0 aromatic carbocycles. The maximum absolute atomic E-state index is 12.3. The number of hydrogen-bond acceptors (Lipinski definition) is 4. The fourth-order valence-electron chi connectivity index (χ4n) is 2.33. The molecule has 0 aliphatic carbocycles. The molecule has 1 N–H and O–H groups in total. The molecule has 19 heavy (non-hydrogen) atoms. The summed E-state index contributed by atoms with van der Waals surface area (Å²) < 4.78 is 23.1. The van der Waals surface area contributed by atoms with Crippen LogP contribution in [0.4, 0.5) is 0 Å². The number of carbonyl (C=O) groups is 1. The number of rotatable bonds is 5. The zero-order valence-corrected chi connectivity index (χ0v) is 13.2. The van der Waals surface area contributed by atoms with Crippen LogP contribution in [0.15, 0.2) is 0 Å². The molecule has 1 amide bonds. The van der Waals surface area contributed by atoms with Crippen LogP contribution in [-0.2, 0) is 14.6 Å². The third-order valence-electron chi connectivity index (χ3n) is 3.75. The molecule has 6 heteroatoms. The summed E-state index contributed by atoms with van der Waals surface area (Å²) in [5.41, 5.74) is 0. The van der Waals surface area contributed by atoms with Crippen LogP contribution < -0.4 is 5.32 Å². The van der Waals surface area contributed by atoms with Crippen LogP contribution in [-0.4, -0.2) is 56.4 Å². The fourth-order valence-corrected chi connectivity index (χ4v) is 2.83. The van der Waals surface area contributed by atoms with Crippen molar-refractivity contribution in [3.63, 3.8) is 0 Å². The number of sulfone groups is 1. The van der Waals surface area contributed by atoms with E-state index < -0.39 is 15.1 Å². The Labute approximate surface area is 116 Å². The first-order valence-corrected chi connectivity index (χ1v) is 8.89. The van der Waals surface area contributed by atoms with Gasteiger partial charge in [0.2, 0.25) is 5.91 Å². The van der Waals surface area contributed by atoms with Crippen molar-refractivity contribution in [1.29, 1.82) is 0 Å². The summed E-state index contributed by atoms with van der Waals surface area (Å²) in [6.45, 7) is 7.93. The van der Waals surface area contributed by atoms with Gasteiger partial charge in [-0.25, -0.2) is 8.42 Å². The molecule has 1 aliphatic heterocycles. The summed E-state index contributed by atoms with van der Waals surface area (Å²) in [5, 5.41) is 2.37. The smallest absolute Gasteiger partial charge is 0.240 e. The van der Waals surface area contributed by atoms with Gasteiger partial charge >= 0.3 is 0 Å². The van der Waals surface area contributed by atoms with Crippen molar-refractivity contribution < 1.29 is 13.2 Å². The van der Waals surface area contributed by atoms with Crippen LogP contribution in [0, 0.1) is 5.92 Å². The van der Waals surface area contributed by atoms with Crippen LogP contribution in [0.25, 0.3) is 0 Å². The van der Waals surface area contributed by atoms with Crippen molar-refractivity contribution >= 4 is 15.7 Å². The van der Waals surface area contributed by atoms with E-state index in [-0.39, 0.29) is 11.9 Å². The zero-order chi connectivity index (χ0) is 14.6. The lowest BCUT2D eigenvalue weighted by Gasteiger charge is -2.34. The quantitative estimate of drug-likeness (QED) is 0.807. The first kappa shape index (κ1) is 16.4. The van der Waals surface area contributed by atoms with E-state index in [0.29, 0.717) is 12.5 Å². The van der Waals surface area contributed by atoms with E-state index in [0.717, 1.165) is 32.2 Å². The predicted molar refractivity (Wildman–Crippen MR) is 76.7 cm³/mol. The van der Waals surface area contributed by atoms with Gasteiger partial charge in [0.15, 0.2) is 9.84 Å². The minimum absolute atomic E-state index is 0.0265.